The van der Waals surface area contributed by atoms with Gasteiger partial charge in [-0.2, -0.15) is 11.8 Å². The molecular weight excluding hydrogens is 279 g/mol. The van der Waals surface area contributed by atoms with Crippen molar-refractivity contribution in [3.63, 3.8) is 0 Å². The molecule has 2 amide bonds. The molecule has 0 fully saturated rings. The van der Waals surface area contributed by atoms with Crippen LogP contribution in [0.1, 0.15) is 36.5 Å². The Morgan fingerprint density at radius 1 is 1.35 bits per heavy atom. The van der Waals surface area contributed by atoms with Crippen LogP contribution in [0.4, 0.5) is 10.1 Å². The third kappa shape index (κ3) is 5.61. The van der Waals surface area contributed by atoms with E-state index in [9.17, 15) is 14.0 Å². The summed E-state index contributed by atoms with van der Waals surface area (Å²) in [4.78, 5) is 22.7. The Labute approximate surface area is 122 Å². The van der Waals surface area contributed by atoms with Crippen LogP contribution in [-0.2, 0) is 4.79 Å². The third-order valence-electron chi connectivity index (χ3n) is 2.63. The van der Waals surface area contributed by atoms with E-state index in [1.54, 1.807) is 11.8 Å². The number of rotatable bonds is 8. The van der Waals surface area contributed by atoms with Crippen LogP contribution in [0, 0.1) is 5.82 Å². The van der Waals surface area contributed by atoms with Crippen molar-refractivity contribution < 1.29 is 14.0 Å². The van der Waals surface area contributed by atoms with E-state index in [4.69, 9.17) is 5.73 Å². The molecule has 0 spiro atoms. The molecule has 3 N–H and O–H groups in total. The molecule has 0 aliphatic carbocycles. The van der Waals surface area contributed by atoms with Crippen LogP contribution in [0.3, 0.4) is 0 Å². The minimum atomic E-state index is -0.853. The van der Waals surface area contributed by atoms with Crippen molar-refractivity contribution in [3.05, 3.63) is 29.6 Å². The van der Waals surface area contributed by atoms with Gasteiger partial charge in [-0.25, -0.2) is 4.39 Å². The molecule has 0 saturated heterocycles. The maximum atomic E-state index is 13.3. The van der Waals surface area contributed by atoms with E-state index >= 15 is 0 Å². The van der Waals surface area contributed by atoms with E-state index in [0.717, 1.165) is 30.4 Å². The van der Waals surface area contributed by atoms with Gasteiger partial charge in [0.2, 0.25) is 5.91 Å². The number of hydrogen-bond donors (Lipinski definition) is 2. The largest absolute Gasteiger partial charge is 0.366 e. The molecule has 0 atom stereocenters. The van der Waals surface area contributed by atoms with Crippen molar-refractivity contribution in [1.82, 2.24) is 0 Å². The number of benzene rings is 1. The van der Waals surface area contributed by atoms with E-state index in [0.29, 0.717) is 12.1 Å². The molecule has 0 bridgehead atoms. The first kappa shape index (κ1) is 16.5. The lowest BCUT2D eigenvalue weighted by Gasteiger charge is -2.07. The predicted octanol–water partition coefficient (Wildman–Crippen LogP) is 2.79. The summed E-state index contributed by atoms with van der Waals surface area (Å²) in [6.07, 6.45) is 2.68. The summed E-state index contributed by atoms with van der Waals surface area (Å²) in [7, 11) is 0. The number of amides is 2. The highest BCUT2D eigenvalue weighted by Crippen LogP contribution is 2.15. The third-order valence-corrected chi connectivity index (χ3v) is 3.70. The van der Waals surface area contributed by atoms with E-state index in [1.165, 1.54) is 12.1 Å². The molecule has 0 saturated carbocycles. The van der Waals surface area contributed by atoms with Crippen molar-refractivity contribution in [2.24, 2.45) is 5.73 Å². The minimum absolute atomic E-state index is 0.156. The standard InChI is InChI=1S/C14H19FN2O2S/c1-2-3-7-20-8-6-13(18)17-10-4-5-12(15)11(9-10)14(16)19/h4-5,9H,2-3,6-8H2,1H3,(H2,16,19)(H,17,18). The predicted molar refractivity (Wildman–Crippen MR) is 80.4 cm³/mol. The second kappa shape index (κ2) is 8.58. The monoisotopic (exact) mass is 298 g/mol. The fourth-order valence-corrected chi connectivity index (χ4v) is 2.56. The normalized spacial score (nSPS) is 10.3. The Kier molecular flexibility index (Phi) is 7.08. The van der Waals surface area contributed by atoms with Crippen LogP contribution in [0.15, 0.2) is 18.2 Å². The van der Waals surface area contributed by atoms with E-state index in [2.05, 4.69) is 12.2 Å². The Morgan fingerprint density at radius 2 is 2.10 bits per heavy atom. The number of nitrogens with one attached hydrogen (secondary N) is 1. The molecule has 1 aromatic rings. The van der Waals surface area contributed by atoms with Gasteiger partial charge in [-0.1, -0.05) is 13.3 Å². The molecule has 4 nitrogen and oxygen atoms in total. The summed E-state index contributed by atoms with van der Waals surface area (Å²) >= 11 is 1.73. The maximum Gasteiger partial charge on any atom is 0.251 e. The molecule has 0 heterocycles. The van der Waals surface area contributed by atoms with Gasteiger partial charge in [0.1, 0.15) is 5.82 Å². The van der Waals surface area contributed by atoms with Crippen molar-refractivity contribution in [2.45, 2.75) is 26.2 Å². The van der Waals surface area contributed by atoms with Gasteiger partial charge in [0.25, 0.3) is 5.91 Å². The number of carbonyl (C=O) groups is 2. The Balaban J connectivity index is 2.46. The molecule has 0 aromatic heterocycles. The molecular formula is C14H19FN2O2S. The molecule has 20 heavy (non-hydrogen) atoms. The number of halogens is 1. The van der Waals surface area contributed by atoms with Gasteiger partial charge in [-0.3, -0.25) is 9.59 Å². The van der Waals surface area contributed by atoms with Crippen LogP contribution in [0.25, 0.3) is 0 Å². The van der Waals surface area contributed by atoms with Gasteiger partial charge < -0.3 is 11.1 Å². The van der Waals surface area contributed by atoms with Crippen LogP contribution < -0.4 is 11.1 Å². The summed E-state index contributed by atoms with van der Waals surface area (Å²) in [5.41, 5.74) is 5.20. The molecule has 0 radical (unpaired) electrons. The van der Waals surface area contributed by atoms with E-state index in [-0.39, 0.29) is 11.5 Å². The van der Waals surface area contributed by atoms with Crippen LogP contribution in [0.5, 0.6) is 0 Å². The molecule has 1 rings (SSSR count). The maximum absolute atomic E-state index is 13.3. The first-order valence-electron chi connectivity index (χ1n) is 6.51. The number of primary amides is 1. The molecule has 1 aromatic carbocycles. The van der Waals surface area contributed by atoms with Crippen molar-refractivity contribution >= 4 is 29.3 Å². The minimum Gasteiger partial charge on any atom is -0.366 e. The van der Waals surface area contributed by atoms with Crippen LogP contribution in [0.2, 0.25) is 0 Å². The lowest BCUT2D eigenvalue weighted by molar-refractivity contribution is -0.115. The zero-order chi connectivity index (χ0) is 15.0. The molecule has 0 aliphatic rings. The second-order valence-corrected chi connectivity index (χ2v) is 5.55. The number of carbonyl (C=O) groups excluding carboxylic acids is 2. The number of nitrogens with two attached hydrogens (primary N) is 1. The molecule has 6 heteroatoms. The van der Waals surface area contributed by atoms with Gasteiger partial charge in [0, 0.05) is 17.9 Å². The molecule has 110 valence electrons. The van der Waals surface area contributed by atoms with Crippen molar-refractivity contribution in [2.75, 3.05) is 16.8 Å². The van der Waals surface area contributed by atoms with Crippen molar-refractivity contribution in [1.29, 1.82) is 0 Å². The Hall–Kier alpha value is -1.56. The first-order valence-corrected chi connectivity index (χ1v) is 7.67. The highest BCUT2D eigenvalue weighted by Gasteiger charge is 2.10. The summed E-state index contributed by atoms with van der Waals surface area (Å²) in [6.45, 7) is 2.12. The topological polar surface area (TPSA) is 72.2 Å². The van der Waals surface area contributed by atoms with E-state index in [1.807, 2.05) is 0 Å². The quantitative estimate of drug-likeness (QED) is 0.725. The lowest BCUT2D eigenvalue weighted by atomic mass is 10.1. The zero-order valence-electron chi connectivity index (χ0n) is 11.4. The lowest BCUT2D eigenvalue weighted by Crippen LogP contribution is -2.16. The summed E-state index contributed by atoms with van der Waals surface area (Å²) in [6, 6.07) is 3.77. The number of unbranched alkanes of at least 4 members (excludes halogenated alkanes) is 1. The van der Waals surface area contributed by atoms with Crippen LogP contribution in [-0.4, -0.2) is 23.3 Å². The fourth-order valence-electron chi connectivity index (χ4n) is 1.53. The molecule has 0 unspecified atom stereocenters. The average molecular weight is 298 g/mol. The number of thioether (sulfide) groups is 1. The zero-order valence-corrected chi connectivity index (χ0v) is 12.3. The smallest absolute Gasteiger partial charge is 0.251 e. The summed E-state index contributed by atoms with van der Waals surface area (Å²) in [5, 5.41) is 2.63. The van der Waals surface area contributed by atoms with Gasteiger partial charge in [-0.15, -0.1) is 0 Å². The summed E-state index contributed by atoms with van der Waals surface area (Å²) in [5.74, 6) is 0.0948. The SMILES string of the molecule is CCCCSCCC(=O)Nc1ccc(F)c(C(N)=O)c1. The highest BCUT2D eigenvalue weighted by atomic mass is 32.2. The average Bonchev–Trinajstić information content (AvgIpc) is 2.40. The second-order valence-electron chi connectivity index (χ2n) is 4.32. The number of hydrogen-bond acceptors (Lipinski definition) is 3. The molecule has 0 aliphatic heterocycles. The van der Waals surface area contributed by atoms with Crippen LogP contribution >= 0.6 is 11.8 Å². The fraction of sp³-hybridized carbons (Fsp3) is 0.429. The van der Waals surface area contributed by atoms with Gasteiger partial charge in [0.05, 0.1) is 5.56 Å². The summed E-state index contributed by atoms with van der Waals surface area (Å²) < 4.78 is 13.3. The highest BCUT2D eigenvalue weighted by molar-refractivity contribution is 7.99. The van der Waals surface area contributed by atoms with Crippen molar-refractivity contribution in [3.8, 4) is 0 Å². The van der Waals surface area contributed by atoms with Gasteiger partial charge in [0.15, 0.2) is 0 Å². The number of anilines is 1. The van der Waals surface area contributed by atoms with Gasteiger partial charge in [-0.05, 0) is 30.4 Å². The first-order chi connectivity index (χ1) is 9.54. The van der Waals surface area contributed by atoms with E-state index < -0.39 is 11.7 Å². The van der Waals surface area contributed by atoms with Gasteiger partial charge >= 0.3 is 0 Å². The Bertz CT molecular complexity index is 480. The Morgan fingerprint density at radius 3 is 2.75 bits per heavy atom.